The molecule has 0 aromatic heterocycles. The van der Waals surface area contributed by atoms with Gasteiger partial charge in [0.15, 0.2) is 0 Å². The number of carbonyl (C=O) groups excluding carboxylic acids is 2. The number of hydrogen-bond acceptors (Lipinski definition) is 4. The van der Waals surface area contributed by atoms with E-state index in [9.17, 15) is 9.59 Å². The third-order valence-electron chi connectivity index (χ3n) is 4.60. The van der Waals surface area contributed by atoms with Crippen LogP contribution in [-0.2, 0) is 14.3 Å². The van der Waals surface area contributed by atoms with E-state index in [2.05, 4.69) is 10.6 Å². The molecule has 4 atom stereocenters. The summed E-state index contributed by atoms with van der Waals surface area (Å²) in [6.07, 6.45) is 5.79. The summed E-state index contributed by atoms with van der Waals surface area (Å²) in [4.78, 5) is 24.0. The van der Waals surface area contributed by atoms with Crippen LogP contribution in [0.1, 0.15) is 46.0 Å². The summed E-state index contributed by atoms with van der Waals surface area (Å²) >= 11 is 0. The molecule has 1 aliphatic carbocycles. The molecule has 2 fully saturated rings. The highest BCUT2D eigenvalue weighted by Crippen LogP contribution is 2.33. The van der Waals surface area contributed by atoms with Crippen LogP contribution in [0.25, 0.3) is 0 Å². The molecule has 5 nitrogen and oxygen atoms in total. The van der Waals surface area contributed by atoms with Crippen LogP contribution >= 0.6 is 0 Å². The zero-order chi connectivity index (χ0) is 14.7. The number of hydrogen-bond donors (Lipinski definition) is 2. The van der Waals surface area contributed by atoms with Gasteiger partial charge in [0.2, 0.25) is 5.91 Å². The Bertz CT molecular complexity index is 356. The van der Waals surface area contributed by atoms with Crippen molar-refractivity contribution in [1.29, 1.82) is 0 Å². The van der Waals surface area contributed by atoms with Gasteiger partial charge in [-0.15, -0.1) is 0 Å². The lowest BCUT2D eigenvalue weighted by Gasteiger charge is -2.24. The molecule has 20 heavy (non-hydrogen) atoms. The number of methoxy groups -OCH3 is 1. The van der Waals surface area contributed by atoms with Crippen LogP contribution in [0.15, 0.2) is 0 Å². The van der Waals surface area contributed by atoms with Crippen LogP contribution in [0.3, 0.4) is 0 Å². The molecule has 2 rings (SSSR count). The van der Waals surface area contributed by atoms with E-state index >= 15 is 0 Å². The second-order valence-corrected chi connectivity index (χ2v) is 6.36. The Labute approximate surface area is 120 Å². The maximum absolute atomic E-state index is 12.3. The molecule has 1 saturated heterocycles. The minimum Gasteiger partial charge on any atom is -0.467 e. The van der Waals surface area contributed by atoms with E-state index in [1.807, 2.05) is 13.8 Å². The van der Waals surface area contributed by atoms with Gasteiger partial charge in [0.05, 0.1) is 13.2 Å². The van der Waals surface area contributed by atoms with Gasteiger partial charge in [-0.2, -0.15) is 0 Å². The van der Waals surface area contributed by atoms with Gasteiger partial charge in [-0.1, -0.05) is 26.7 Å². The normalized spacial score (nSPS) is 30.7. The summed E-state index contributed by atoms with van der Waals surface area (Å²) in [6.45, 7) is 3.81. The fraction of sp³-hybridized carbons (Fsp3) is 0.867. The maximum atomic E-state index is 12.3. The van der Waals surface area contributed by atoms with Crippen LogP contribution in [0.2, 0.25) is 0 Å². The third-order valence-corrected chi connectivity index (χ3v) is 4.60. The fourth-order valence-electron chi connectivity index (χ4n) is 3.40. The van der Waals surface area contributed by atoms with Gasteiger partial charge in [-0.25, -0.2) is 4.79 Å². The van der Waals surface area contributed by atoms with Crippen molar-refractivity contribution in [2.45, 2.75) is 64.1 Å². The van der Waals surface area contributed by atoms with Crippen molar-refractivity contribution in [3.05, 3.63) is 0 Å². The van der Waals surface area contributed by atoms with E-state index in [-0.39, 0.29) is 23.8 Å². The number of carbonyl (C=O) groups is 2. The van der Waals surface area contributed by atoms with Crippen LogP contribution in [0.4, 0.5) is 0 Å². The van der Waals surface area contributed by atoms with Gasteiger partial charge in [0.1, 0.15) is 6.04 Å². The SMILES string of the molecule is COC(=O)[C@@H](NC(=O)C1CC2CCCCC2N1)C(C)C. The molecule has 3 unspecified atom stereocenters. The number of ether oxygens (including phenoxy) is 1. The predicted octanol–water partition coefficient (Wildman–Crippen LogP) is 1.22. The van der Waals surface area contributed by atoms with E-state index in [1.54, 1.807) is 0 Å². The topological polar surface area (TPSA) is 67.4 Å². The molecule has 1 amide bonds. The van der Waals surface area contributed by atoms with Crippen molar-refractivity contribution in [1.82, 2.24) is 10.6 Å². The molecule has 2 N–H and O–H groups in total. The van der Waals surface area contributed by atoms with E-state index in [4.69, 9.17) is 4.74 Å². The summed E-state index contributed by atoms with van der Waals surface area (Å²) in [6, 6.07) is -0.235. The van der Waals surface area contributed by atoms with E-state index in [0.29, 0.717) is 12.0 Å². The average Bonchev–Trinajstić information content (AvgIpc) is 2.87. The number of rotatable bonds is 4. The highest BCUT2D eigenvalue weighted by atomic mass is 16.5. The Morgan fingerprint density at radius 1 is 1.25 bits per heavy atom. The Hall–Kier alpha value is -1.10. The number of amides is 1. The molecule has 1 saturated carbocycles. The van der Waals surface area contributed by atoms with Crippen LogP contribution in [0.5, 0.6) is 0 Å². The Balaban J connectivity index is 1.92. The van der Waals surface area contributed by atoms with Gasteiger partial charge in [-0.3, -0.25) is 4.79 Å². The van der Waals surface area contributed by atoms with Gasteiger partial charge in [0, 0.05) is 6.04 Å². The van der Waals surface area contributed by atoms with Crippen LogP contribution < -0.4 is 10.6 Å². The van der Waals surface area contributed by atoms with Gasteiger partial charge < -0.3 is 15.4 Å². The fourth-order valence-corrected chi connectivity index (χ4v) is 3.40. The molecule has 0 bridgehead atoms. The first kappa shape index (κ1) is 15.3. The van der Waals surface area contributed by atoms with Crippen molar-refractivity contribution in [3.63, 3.8) is 0 Å². The molecule has 0 radical (unpaired) electrons. The maximum Gasteiger partial charge on any atom is 0.328 e. The molecule has 2 aliphatic rings. The van der Waals surface area contributed by atoms with Crippen molar-refractivity contribution in [2.75, 3.05) is 7.11 Å². The minimum absolute atomic E-state index is 0.0232. The molecular weight excluding hydrogens is 256 g/mol. The molecule has 0 aromatic rings. The van der Waals surface area contributed by atoms with E-state index in [0.717, 1.165) is 6.42 Å². The first-order valence-corrected chi connectivity index (χ1v) is 7.67. The predicted molar refractivity (Wildman–Crippen MR) is 76.1 cm³/mol. The highest BCUT2D eigenvalue weighted by molar-refractivity contribution is 5.87. The third kappa shape index (κ3) is 3.32. The van der Waals surface area contributed by atoms with Crippen LogP contribution in [0, 0.1) is 11.8 Å². The number of nitrogens with one attached hydrogen (secondary N) is 2. The molecule has 0 spiro atoms. The standard InChI is InChI=1S/C15H26N2O3/c1-9(2)13(15(19)20-3)17-14(18)12-8-10-6-4-5-7-11(10)16-12/h9-13,16H,4-8H2,1-3H3,(H,17,18)/t10?,11?,12?,13-/m0/s1. The first-order chi connectivity index (χ1) is 9.52. The molecule has 1 aliphatic heterocycles. The molecule has 0 aromatic carbocycles. The summed E-state index contributed by atoms with van der Waals surface area (Å²) in [5.41, 5.74) is 0. The second kappa shape index (κ2) is 6.57. The lowest BCUT2D eigenvalue weighted by atomic mass is 9.85. The van der Waals surface area contributed by atoms with Crippen molar-refractivity contribution >= 4 is 11.9 Å². The van der Waals surface area contributed by atoms with Gasteiger partial charge in [-0.05, 0) is 31.1 Å². The number of fused-ring (bicyclic) bond motifs is 1. The quantitative estimate of drug-likeness (QED) is 0.761. The molecule has 5 heteroatoms. The largest absolute Gasteiger partial charge is 0.467 e. The second-order valence-electron chi connectivity index (χ2n) is 6.36. The van der Waals surface area contributed by atoms with Crippen LogP contribution in [-0.4, -0.2) is 37.1 Å². The monoisotopic (exact) mass is 282 g/mol. The minimum atomic E-state index is -0.558. The Morgan fingerprint density at radius 2 is 1.95 bits per heavy atom. The zero-order valence-electron chi connectivity index (χ0n) is 12.6. The smallest absolute Gasteiger partial charge is 0.328 e. The van der Waals surface area contributed by atoms with E-state index in [1.165, 1.54) is 32.8 Å². The zero-order valence-corrected chi connectivity index (χ0v) is 12.6. The first-order valence-electron chi connectivity index (χ1n) is 7.67. The summed E-state index contributed by atoms with van der Waals surface area (Å²) in [5.74, 6) is 0.206. The van der Waals surface area contributed by atoms with Gasteiger partial charge in [0.25, 0.3) is 0 Å². The highest BCUT2D eigenvalue weighted by Gasteiger charge is 2.39. The summed E-state index contributed by atoms with van der Waals surface area (Å²) < 4.78 is 4.76. The average molecular weight is 282 g/mol. The Morgan fingerprint density at radius 3 is 2.55 bits per heavy atom. The lowest BCUT2D eigenvalue weighted by molar-refractivity contribution is -0.146. The summed E-state index contributed by atoms with van der Waals surface area (Å²) in [5, 5.41) is 6.27. The lowest BCUT2D eigenvalue weighted by Crippen LogP contribution is -2.51. The van der Waals surface area contributed by atoms with Gasteiger partial charge >= 0.3 is 5.97 Å². The number of esters is 1. The van der Waals surface area contributed by atoms with Crippen molar-refractivity contribution in [3.8, 4) is 0 Å². The Kier molecular flexibility index (Phi) is 5.02. The molecule has 1 heterocycles. The van der Waals surface area contributed by atoms with Crippen molar-refractivity contribution < 1.29 is 14.3 Å². The van der Waals surface area contributed by atoms with Crippen molar-refractivity contribution in [2.24, 2.45) is 11.8 Å². The molecule has 114 valence electrons. The molecular formula is C15H26N2O3. The van der Waals surface area contributed by atoms with E-state index < -0.39 is 6.04 Å². The summed E-state index contributed by atoms with van der Waals surface area (Å²) in [7, 11) is 1.35.